The predicted octanol–water partition coefficient (Wildman–Crippen LogP) is 3.66. The highest BCUT2D eigenvalue weighted by molar-refractivity contribution is 6.10. The molecule has 0 fully saturated rings. The molecule has 4 rings (SSSR count). The quantitative estimate of drug-likeness (QED) is 0.122. The Morgan fingerprint density at radius 2 is 1.69 bits per heavy atom. The summed E-state index contributed by atoms with van der Waals surface area (Å²) in [6.07, 6.45) is 0. The summed E-state index contributed by atoms with van der Waals surface area (Å²) in [5, 5.41) is 16.6. The zero-order chi connectivity index (χ0) is 32.9. The molecule has 1 aliphatic rings. The summed E-state index contributed by atoms with van der Waals surface area (Å²) in [4.78, 5) is 57.2. The predicted molar refractivity (Wildman–Crippen MR) is 172 cm³/mol. The molecule has 1 atom stereocenters. The largest absolute Gasteiger partial charge is 0.400 e. The van der Waals surface area contributed by atoms with Crippen LogP contribution < -0.4 is 22.1 Å². The van der Waals surface area contributed by atoms with Gasteiger partial charge in [-0.2, -0.15) is 4.99 Å². The van der Waals surface area contributed by atoms with Gasteiger partial charge in [0, 0.05) is 46.8 Å². The van der Waals surface area contributed by atoms with E-state index in [1.807, 2.05) is 49.3 Å². The number of nitro groups is 1. The Morgan fingerprint density at radius 3 is 2.31 bits per heavy atom. The van der Waals surface area contributed by atoms with E-state index in [-0.39, 0.29) is 41.3 Å². The number of urea groups is 1. The van der Waals surface area contributed by atoms with Crippen LogP contribution >= 0.6 is 0 Å². The van der Waals surface area contributed by atoms with E-state index in [1.165, 1.54) is 36.4 Å². The summed E-state index contributed by atoms with van der Waals surface area (Å²) < 4.78 is 0. The fourth-order valence-corrected chi connectivity index (χ4v) is 4.92. The highest BCUT2D eigenvalue weighted by Crippen LogP contribution is 2.32. The van der Waals surface area contributed by atoms with E-state index in [1.54, 1.807) is 30.9 Å². The van der Waals surface area contributed by atoms with Crippen LogP contribution in [0.2, 0.25) is 0 Å². The summed E-state index contributed by atoms with van der Waals surface area (Å²) in [6.45, 7) is 4.21. The second-order valence-electron chi connectivity index (χ2n) is 11.4. The molecule has 0 saturated carbocycles. The lowest BCUT2D eigenvalue weighted by molar-refractivity contribution is -0.384. The van der Waals surface area contributed by atoms with Crippen LogP contribution in [-0.2, 0) is 0 Å². The summed E-state index contributed by atoms with van der Waals surface area (Å²) in [7, 11) is 3.85. The number of carbonyl (C=O) groups excluding carboxylic acids is 3. The van der Waals surface area contributed by atoms with Gasteiger partial charge in [0.2, 0.25) is 0 Å². The number of amidine groups is 1. The van der Waals surface area contributed by atoms with Crippen molar-refractivity contribution in [1.82, 2.24) is 15.1 Å². The monoisotopic (exact) mass is 612 g/mol. The molecule has 3 aromatic rings. The maximum Gasteiger partial charge on any atom is 0.318 e. The summed E-state index contributed by atoms with van der Waals surface area (Å²) in [5.74, 6) is -1.30. The topological polar surface area (TPSA) is 189 Å². The van der Waals surface area contributed by atoms with Crippen molar-refractivity contribution in [3.63, 3.8) is 0 Å². The van der Waals surface area contributed by atoms with Gasteiger partial charge in [-0.25, -0.2) is 4.79 Å². The van der Waals surface area contributed by atoms with Crippen molar-refractivity contribution in [3.8, 4) is 0 Å². The molecule has 0 saturated heterocycles. The lowest BCUT2D eigenvalue weighted by atomic mass is 10.00. The smallest absolute Gasteiger partial charge is 0.318 e. The minimum atomic E-state index is -0.913. The second-order valence-corrected chi connectivity index (χ2v) is 11.4. The number of nitrogens with one attached hydrogen (secondary N) is 2. The molecule has 0 bridgehead atoms. The highest BCUT2D eigenvalue weighted by Gasteiger charge is 2.42. The zero-order valence-electron chi connectivity index (χ0n) is 25.5. The van der Waals surface area contributed by atoms with Crippen LogP contribution in [0.5, 0.6) is 0 Å². The van der Waals surface area contributed by atoms with Crippen molar-refractivity contribution >= 4 is 35.1 Å². The van der Waals surface area contributed by atoms with E-state index in [0.717, 1.165) is 5.56 Å². The SMILES string of the molecule is CN(C)C[C@@H](NC(=O)N1CC(C(N)=NC(=O)c2cccc(NC(=O)c3ccc([N+](=O)[O-])cc3)c2)=C(N)C1(C)C)c1ccccc1. The molecule has 1 heterocycles. The molecule has 6 N–H and O–H groups in total. The Balaban J connectivity index is 1.47. The van der Waals surface area contributed by atoms with Gasteiger partial charge >= 0.3 is 6.03 Å². The number of benzene rings is 3. The molecular weight excluding hydrogens is 576 g/mol. The number of non-ortho nitro benzene ring substituents is 1. The Bertz CT molecular complexity index is 1670. The molecule has 4 amide bonds. The van der Waals surface area contributed by atoms with Gasteiger partial charge in [-0.1, -0.05) is 36.4 Å². The molecule has 0 spiro atoms. The number of likely N-dealkylation sites (N-methyl/N-ethyl adjacent to an activating group) is 1. The number of nitrogens with two attached hydrogens (primary N) is 2. The van der Waals surface area contributed by atoms with Crippen molar-refractivity contribution in [2.24, 2.45) is 16.5 Å². The van der Waals surface area contributed by atoms with Gasteiger partial charge in [0.15, 0.2) is 0 Å². The minimum Gasteiger partial charge on any atom is -0.400 e. The van der Waals surface area contributed by atoms with E-state index in [9.17, 15) is 24.5 Å². The van der Waals surface area contributed by atoms with E-state index < -0.39 is 22.3 Å². The molecule has 3 aromatic carbocycles. The lowest BCUT2D eigenvalue weighted by Gasteiger charge is -2.35. The van der Waals surface area contributed by atoms with Crippen molar-refractivity contribution in [2.75, 3.05) is 32.5 Å². The minimum absolute atomic E-state index is 0.0437. The summed E-state index contributed by atoms with van der Waals surface area (Å²) in [6, 6.07) is 20.3. The standard InChI is InChI=1S/C32H36N8O5/c1-32(2)27(33)25(18-39(32)31(43)36-26(19-38(3)4)20-9-6-5-7-10-20)28(34)37-30(42)22-11-8-12-23(17-22)35-29(41)21-13-15-24(16-14-21)40(44)45/h5-17,26H,18-19,33H2,1-4H3,(H,35,41)(H,36,43)(H2,34,37,42)/t26-/m1/s1. The molecule has 13 nitrogen and oxygen atoms in total. The van der Waals surface area contributed by atoms with Crippen molar-refractivity contribution in [2.45, 2.75) is 25.4 Å². The van der Waals surface area contributed by atoms with Crippen LogP contribution in [0.25, 0.3) is 0 Å². The molecule has 45 heavy (non-hydrogen) atoms. The maximum atomic E-state index is 13.6. The van der Waals surface area contributed by atoms with Gasteiger partial charge in [0.05, 0.1) is 23.0 Å². The van der Waals surface area contributed by atoms with Crippen LogP contribution in [0.3, 0.4) is 0 Å². The van der Waals surface area contributed by atoms with Crippen molar-refractivity contribution in [3.05, 3.63) is 117 Å². The van der Waals surface area contributed by atoms with Crippen LogP contribution in [0.15, 0.2) is 95.1 Å². The lowest BCUT2D eigenvalue weighted by Crippen LogP contribution is -2.52. The number of hydrogen-bond donors (Lipinski definition) is 4. The van der Waals surface area contributed by atoms with E-state index in [2.05, 4.69) is 15.6 Å². The summed E-state index contributed by atoms with van der Waals surface area (Å²) >= 11 is 0. The van der Waals surface area contributed by atoms with Crippen LogP contribution in [0.4, 0.5) is 16.2 Å². The first-order valence-electron chi connectivity index (χ1n) is 14.1. The van der Waals surface area contributed by atoms with E-state index >= 15 is 0 Å². The Hall–Kier alpha value is -5.56. The number of anilines is 1. The molecule has 234 valence electrons. The average molecular weight is 613 g/mol. The van der Waals surface area contributed by atoms with Crippen LogP contribution in [0.1, 0.15) is 46.2 Å². The molecule has 0 aromatic heterocycles. The van der Waals surface area contributed by atoms with Gasteiger partial charge in [0.1, 0.15) is 5.84 Å². The van der Waals surface area contributed by atoms with E-state index in [4.69, 9.17) is 11.5 Å². The number of aliphatic imine (C=N–C) groups is 1. The zero-order valence-corrected chi connectivity index (χ0v) is 25.5. The van der Waals surface area contributed by atoms with Crippen LogP contribution in [-0.4, -0.2) is 71.1 Å². The van der Waals surface area contributed by atoms with E-state index in [0.29, 0.717) is 23.5 Å². The maximum absolute atomic E-state index is 13.6. The van der Waals surface area contributed by atoms with Gasteiger partial charge < -0.3 is 31.9 Å². The highest BCUT2D eigenvalue weighted by atomic mass is 16.6. The second kappa shape index (κ2) is 13.4. The molecule has 1 aliphatic heterocycles. The average Bonchev–Trinajstić information content (AvgIpc) is 3.25. The van der Waals surface area contributed by atoms with Gasteiger partial charge in [-0.15, -0.1) is 0 Å². The Morgan fingerprint density at radius 1 is 1.02 bits per heavy atom. The molecule has 0 radical (unpaired) electrons. The third-order valence-electron chi connectivity index (χ3n) is 7.51. The number of carbonyl (C=O) groups is 3. The molecule has 0 unspecified atom stereocenters. The number of hydrogen-bond acceptors (Lipinski definition) is 7. The first-order valence-corrected chi connectivity index (χ1v) is 14.1. The number of nitrogens with zero attached hydrogens (tertiary/aromatic N) is 4. The van der Waals surface area contributed by atoms with Crippen LogP contribution in [0, 0.1) is 10.1 Å². The van der Waals surface area contributed by atoms with Crippen molar-refractivity contribution in [1.29, 1.82) is 0 Å². The first-order chi connectivity index (χ1) is 21.3. The third-order valence-corrected chi connectivity index (χ3v) is 7.51. The first kappa shape index (κ1) is 32.4. The number of amides is 4. The molecular formula is C32H36N8O5. The Kier molecular flexibility index (Phi) is 9.63. The molecule has 13 heteroatoms. The Labute approximate surface area is 260 Å². The van der Waals surface area contributed by atoms with Gasteiger partial charge in [0.25, 0.3) is 17.5 Å². The number of rotatable bonds is 9. The third kappa shape index (κ3) is 7.51. The fraction of sp³-hybridized carbons (Fsp3) is 0.250. The fourth-order valence-electron chi connectivity index (χ4n) is 4.92. The summed E-state index contributed by atoms with van der Waals surface area (Å²) in [5.41, 5.74) is 14.0. The molecule has 0 aliphatic carbocycles. The van der Waals surface area contributed by atoms with Gasteiger partial charge in [-0.05, 0) is 63.8 Å². The van der Waals surface area contributed by atoms with Crippen molar-refractivity contribution < 1.29 is 19.3 Å². The van der Waals surface area contributed by atoms with Gasteiger partial charge in [-0.3, -0.25) is 19.7 Å². The number of nitro benzene ring substituents is 1. The normalized spacial score (nSPS) is 15.1.